The molecule has 0 bridgehead atoms. The van der Waals surface area contributed by atoms with Crippen molar-refractivity contribution in [1.29, 1.82) is 0 Å². The van der Waals surface area contributed by atoms with E-state index in [-0.39, 0.29) is 37.4 Å². The summed E-state index contributed by atoms with van der Waals surface area (Å²) in [5.74, 6) is 0.524. The number of carbonyl (C=O) groups excluding carboxylic acids is 1. The fourth-order valence-electron chi connectivity index (χ4n) is 4.02. The van der Waals surface area contributed by atoms with Crippen molar-refractivity contribution in [2.75, 3.05) is 19.7 Å². The molecular weight excluding hydrogens is 428 g/mol. The Hall–Kier alpha value is -3.82. The summed E-state index contributed by atoms with van der Waals surface area (Å²) in [5, 5.41) is 12.6. The molecule has 0 spiro atoms. The van der Waals surface area contributed by atoms with E-state index in [1.165, 1.54) is 19.3 Å². The smallest absolute Gasteiger partial charge is 0.270 e. The van der Waals surface area contributed by atoms with Crippen LogP contribution in [0.4, 0.5) is 0 Å². The number of hydrogen-bond acceptors (Lipinski definition) is 7. The van der Waals surface area contributed by atoms with E-state index in [4.69, 9.17) is 15.8 Å². The molecule has 2 heterocycles. The normalized spacial score (nSPS) is 14.7. The molecule has 1 aliphatic rings. The molecule has 1 atom stereocenters. The molecule has 3 rings (SSSR count). The van der Waals surface area contributed by atoms with Crippen LogP contribution in [0, 0.1) is 10.8 Å². The van der Waals surface area contributed by atoms with E-state index in [1.807, 2.05) is 0 Å². The van der Waals surface area contributed by atoms with Gasteiger partial charge in [0.05, 0.1) is 24.9 Å². The number of hydrogen-bond donors (Lipinski definition) is 1. The Balaban J connectivity index is 1.88. The molecule has 1 fully saturated rings. The van der Waals surface area contributed by atoms with E-state index in [1.54, 1.807) is 22.7 Å². The predicted octanol–water partition coefficient (Wildman–Crippen LogP) is 4.67. The highest BCUT2D eigenvalue weighted by Gasteiger charge is 2.24. The topological polar surface area (TPSA) is 183 Å². The van der Waals surface area contributed by atoms with E-state index in [0.29, 0.717) is 23.9 Å². The standard InChI is InChI=1S/C20H26N10O3/c21-28-23-9-8-15(11-25-32)26-20(31)18-16(12-24-29-22)27-19-17(7-4-10-30(18)19)33-13-14-5-2-1-3-6-14/h4,7,10,14-15H,1-3,5-6,8-9,11-13H2,(H,26,31)/t15-/m1/s1. The number of carbonyl (C=O) groups is 1. The summed E-state index contributed by atoms with van der Waals surface area (Å²) in [6, 6.07) is 2.93. The number of pyridine rings is 1. The second-order valence-corrected chi connectivity index (χ2v) is 7.90. The van der Waals surface area contributed by atoms with Crippen LogP contribution in [0.15, 0.2) is 33.7 Å². The van der Waals surface area contributed by atoms with Crippen molar-refractivity contribution in [3.63, 3.8) is 0 Å². The highest BCUT2D eigenvalue weighted by atomic mass is 16.5. The highest BCUT2D eigenvalue weighted by molar-refractivity contribution is 5.95. The van der Waals surface area contributed by atoms with Gasteiger partial charge in [-0.2, -0.15) is 4.91 Å². The number of azide groups is 2. The number of nitrogens with zero attached hydrogens (tertiary/aromatic N) is 9. The van der Waals surface area contributed by atoms with Crippen molar-refractivity contribution in [2.24, 2.45) is 21.3 Å². The van der Waals surface area contributed by atoms with Gasteiger partial charge in [-0.1, -0.05) is 34.7 Å². The van der Waals surface area contributed by atoms with E-state index in [9.17, 15) is 9.70 Å². The van der Waals surface area contributed by atoms with Crippen molar-refractivity contribution in [3.8, 4) is 5.75 Å². The van der Waals surface area contributed by atoms with Crippen LogP contribution in [-0.2, 0) is 6.54 Å². The highest BCUT2D eigenvalue weighted by Crippen LogP contribution is 2.27. The van der Waals surface area contributed by atoms with Gasteiger partial charge in [-0.05, 0) is 48.4 Å². The molecule has 0 unspecified atom stereocenters. The number of ether oxygens (including phenoxy) is 1. The van der Waals surface area contributed by atoms with Crippen LogP contribution >= 0.6 is 0 Å². The molecule has 13 nitrogen and oxygen atoms in total. The summed E-state index contributed by atoms with van der Waals surface area (Å²) in [6.07, 6.45) is 7.87. The SMILES string of the molecule is [N-]=[N+]=NCC[C@H](CN=O)NC(=O)c1c(CN=[N+]=[N-])nc2c(OCC3CCCCC3)cccn12. The number of fused-ring (bicyclic) bond motifs is 1. The van der Waals surface area contributed by atoms with Gasteiger partial charge >= 0.3 is 0 Å². The lowest BCUT2D eigenvalue weighted by Gasteiger charge is -2.21. The zero-order valence-corrected chi connectivity index (χ0v) is 18.2. The summed E-state index contributed by atoms with van der Waals surface area (Å²) < 4.78 is 7.67. The van der Waals surface area contributed by atoms with E-state index < -0.39 is 11.9 Å². The molecular formula is C20H26N10O3. The van der Waals surface area contributed by atoms with Crippen molar-refractivity contribution < 1.29 is 9.53 Å². The van der Waals surface area contributed by atoms with Crippen LogP contribution in [0.1, 0.15) is 54.7 Å². The van der Waals surface area contributed by atoms with E-state index >= 15 is 0 Å². The van der Waals surface area contributed by atoms with Crippen LogP contribution < -0.4 is 10.1 Å². The summed E-state index contributed by atoms with van der Waals surface area (Å²) >= 11 is 0. The van der Waals surface area contributed by atoms with Gasteiger partial charge in [-0.3, -0.25) is 9.20 Å². The summed E-state index contributed by atoms with van der Waals surface area (Å²) in [6.45, 7) is 0.379. The molecule has 0 radical (unpaired) electrons. The maximum atomic E-state index is 13.1. The Bertz CT molecular complexity index is 1070. The van der Waals surface area contributed by atoms with Gasteiger partial charge in [0.2, 0.25) is 0 Å². The van der Waals surface area contributed by atoms with Crippen LogP contribution in [0.3, 0.4) is 0 Å². The molecule has 0 saturated heterocycles. The second kappa shape index (κ2) is 12.3. The minimum absolute atomic E-state index is 0.106. The zero-order chi connectivity index (χ0) is 23.5. The molecule has 1 aliphatic carbocycles. The molecule has 1 saturated carbocycles. The van der Waals surface area contributed by atoms with Crippen molar-refractivity contribution >= 4 is 11.6 Å². The van der Waals surface area contributed by atoms with Crippen LogP contribution in [-0.4, -0.2) is 41.0 Å². The van der Waals surface area contributed by atoms with Gasteiger partial charge in [0.15, 0.2) is 11.4 Å². The third-order valence-corrected chi connectivity index (χ3v) is 5.66. The van der Waals surface area contributed by atoms with Crippen LogP contribution in [0.5, 0.6) is 5.75 Å². The van der Waals surface area contributed by atoms with E-state index in [0.717, 1.165) is 12.8 Å². The number of imidazole rings is 1. The maximum Gasteiger partial charge on any atom is 0.270 e. The fraction of sp³-hybridized carbons (Fsp3) is 0.600. The first-order valence-corrected chi connectivity index (χ1v) is 10.9. The molecule has 174 valence electrons. The summed E-state index contributed by atoms with van der Waals surface area (Å²) in [5.41, 5.74) is 18.1. The van der Waals surface area contributed by atoms with Crippen molar-refractivity contribution in [1.82, 2.24) is 14.7 Å². The molecule has 2 aromatic heterocycles. The largest absolute Gasteiger partial charge is 0.489 e. The quantitative estimate of drug-likeness (QED) is 0.212. The predicted molar refractivity (Wildman–Crippen MR) is 121 cm³/mol. The fourth-order valence-corrected chi connectivity index (χ4v) is 4.02. The molecule has 33 heavy (non-hydrogen) atoms. The molecule has 13 heteroatoms. The third kappa shape index (κ3) is 6.34. The molecule has 2 aromatic rings. The first kappa shape index (κ1) is 23.8. The second-order valence-electron chi connectivity index (χ2n) is 7.90. The number of nitroso groups, excluding NO2 is 1. The number of rotatable bonds is 12. The van der Waals surface area contributed by atoms with Gasteiger partial charge in [-0.15, -0.1) is 0 Å². The Labute approximate surface area is 189 Å². The molecule has 1 N–H and O–H groups in total. The third-order valence-electron chi connectivity index (χ3n) is 5.66. The lowest BCUT2D eigenvalue weighted by Crippen LogP contribution is -2.38. The lowest BCUT2D eigenvalue weighted by atomic mass is 9.90. The van der Waals surface area contributed by atoms with Gasteiger partial charge < -0.3 is 10.1 Å². The van der Waals surface area contributed by atoms with Gasteiger partial charge in [0.1, 0.15) is 12.2 Å². The first-order valence-electron chi connectivity index (χ1n) is 10.9. The average Bonchev–Trinajstić information content (AvgIpc) is 3.21. The van der Waals surface area contributed by atoms with Gasteiger partial charge in [0.25, 0.3) is 5.91 Å². The summed E-state index contributed by atoms with van der Waals surface area (Å²) in [7, 11) is 0. The molecule has 0 aliphatic heterocycles. The van der Waals surface area contributed by atoms with Crippen LogP contribution in [0.25, 0.3) is 26.5 Å². The monoisotopic (exact) mass is 454 g/mol. The van der Waals surface area contributed by atoms with Crippen molar-refractivity contribution in [2.45, 2.75) is 51.1 Å². The minimum Gasteiger partial charge on any atom is -0.489 e. The van der Waals surface area contributed by atoms with E-state index in [2.05, 4.69) is 35.5 Å². The zero-order valence-electron chi connectivity index (χ0n) is 18.2. The number of aromatic nitrogens is 2. The lowest BCUT2D eigenvalue weighted by molar-refractivity contribution is 0.0930. The van der Waals surface area contributed by atoms with Crippen LogP contribution in [0.2, 0.25) is 0 Å². The Morgan fingerprint density at radius 1 is 1.27 bits per heavy atom. The number of nitrogens with one attached hydrogen (secondary N) is 1. The Morgan fingerprint density at radius 3 is 2.79 bits per heavy atom. The molecule has 1 amide bonds. The van der Waals surface area contributed by atoms with Gasteiger partial charge in [-0.25, -0.2) is 4.98 Å². The maximum absolute atomic E-state index is 13.1. The average molecular weight is 454 g/mol. The Morgan fingerprint density at radius 2 is 2.06 bits per heavy atom. The molecule has 0 aromatic carbocycles. The minimum atomic E-state index is -0.621. The van der Waals surface area contributed by atoms with Crippen molar-refractivity contribution in [3.05, 3.63) is 55.5 Å². The summed E-state index contributed by atoms with van der Waals surface area (Å²) in [4.78, 5) is 33.9. The Kier molecular flexibility index (Phi) is 8.87. The number of amides is 1. The first-order chi connectivity index (χ1) is 16.2. The van der Waals surface area contributed by atoms with Gasteiger partial charge in [0, 0.05) is 22.6 Å².